The molecule has 1 aromatic heterocycles. The molecule has 2 rings (SSSR count). The summed E-state index contributed by atoms with van der Waals surface area (Å²) in [6.07, 6.45) is -3.09. The van der Waals surface area contributed by atoms with Gasteiger partial charge in [0.25, 0.3) is 5.56 Å². The Bertz CT molecular complexity index is 711. The standard InChI is InChI=1S/C16H17F3N2OS/c1-3-10(2)23-15-20-13(9-14(22)21-15)8-11-4-6-12(7-5-11)16(17,18)19/h4-7,9-10H,3,8H2,1-2H3,(H,20,21,22). The zero-order valence-corrected chi connectivity index (χ0v) is 13.6. The number of thioether (sulfide) groups is 1. The molecule has 1 unspecified atom stereocenters. The van der Waals surface area contributed by atoms with E-state index in [9.17, 15) is 18.0 Å². The maximum atomic E-state index is 12.5. The monoisotopic (exact) mass is 342 g/mol. The van der Waals surface area contributed by atoms with Crippen LogP contribution in [0.5, 0.6) is 0 Å². The fourth-order valence-corrected chi connectivity index (χ4v) is 2.80. The van der Waals surface area contributed by atoms with E-state index < -0.39 is 11.7 Å². The number of rotatable bonds is 5. The van der Waals surface area contributed by atoms with Crippen LogP contribution < -0.4 is 5.56 Å². The molecule has 23 heavy (non-hydrogen) atoms. The molecule has 0 bridgehead atoms. The quantitative estimate of drug-likeness (QED) is 0.652. The van der Waals surface area contributed by atoms with Crippen molar-refractivity contribution in [2.75, 3.05) is 0 Å². The van der Waals surface area contributed by atoms with Crippen molar-refractivity contribution in [2.24, 2.45) is 0 Å². The number of aromatic amines is 1. The predicted molar refractivity (Wildman–Crippen MR) is 84.7 cm³/mol. The van der Waals surface area contributed by atoms with Gasteiger partial charge in [0.15, 0.2) is 5.16 Å². The van der Waals surface area contributed by atoms with Gasteiger partial charge in [-0.2, -0.15) is 13.2 Å². The largest absolute Gasteiger partial charge is 0.416 e. The lowest BCUT2D eigenvalue weighted by Gasteiger charge is -2.09. The van der Waals surface area contributed by atoms with Gasteiger partial charge in [0.05, 0.1) is 11.3 Å². The van der Waals surface area contributed by atoms with Crippen molar-refractivity contribution in [3.8, 4) is 0 Å². The lowest BCUT2D eigenvalue weighted by Crippen LogP contribution is -2.11. The maximum Gasteiger partial charge on any atom is 0.416 e. The normalized spacial score (nSPS) is 13.1. The van der Waals surface area contributed by atoms with Gasteiger partial charge in [0, 0.05) is 17.7 Å². The Balaban J connectivity index is 2.18. The van der Waals surface area contributed by atoms with E-state index in [-0.39, 0.29) is 5.56 Å². The molecule has 0 radical (unpaired) electrons. The smallest absolute Gasteiger partial charge is 0.301 e. The van der Waals surface area contributed by atoms with Crippen LogP contribution in [-0.4, -0.2) is 15.2 Å². The van der Waals surface area contributed by atoms with Crippen LogP contribution in [0.4, 0.5) is 13.2 Å². The molecule has 0 amide bonds. The Morgan fingerprint density at radius 2 is 1.91 bits per heavy atom. The fourth-order valence-electron chi connectivity index (χ4n) is 1.92. The van der Waals surface area contributed by atoms with Gasteiger partial charge in [-0.1, -0.05) is 37.7 Å². The Hall–Kier alpha value is -1.76. The molecule has 1 heterocycles. The van der Waals surface area contributed by atoms with Gasteiger partial charge in [-0.15, -0.1) is 0 Å². The van der Waals surface area contributed by atoms with Gasteiger partial charge >= 0.3 is 6.18 Å². The summed E-state index contributed by atoms with van der Waals surface area (Å²) in [4.78, 5) is 18.7. The van der Waals surface area contributed by atoms with Gasteiger partial charge in [-0.25, -0.2) is 4.98 Å². The molecule has 1 aromatic carbocycles. The number of nitrogens with one attached hydrogen (secondary N) is 1. The second-order valence-corrected chi connectivity index (χ2v) is 6.68. The molecule has 0 aliphatic heterocycles. The third kappa shape index (κ3) is 5.13. The molecular weight excluding hydrogens is 325 g/mol. The van der Waals surface area contributed by atoms with Crippen LogP contribution >= 0.6 is 11.8 Å². The molecule has 124 valence electrons. The van der Waals surface area contributed by atoms with Crippen LogP contribution in [0.15, 0.2) is 40.3 Å². The molecule has 0 aliphatic carbocycles. The number of hydrogen-bond donors (Lipinski definition) is 1. The third-order valence-electron chi connectivity index (χ3n) is 3.33. The number of aromatic nitrogens is 2. The minimum Gasteiger partial charge on any atom is -0.301 e. The number of nitrogens with zero attached hydrogens (tertiary/aromatic N) is 1. The summed E-state index contributed by atoms with van der Waals surface area (Å²) in [5, 5.41) is 0.855. The Morgan fingerprint density at radius 3 is 2.48 bits per heavy atom. The zero-order valence-electron chi connectivity index (χ0n) is 12.8. The summed E-state index contributed by atoms with van der Waals surface area (Å²) in [5.74, 6) is 0. The summed E-state index contributed by atoms with van der Waals surface area (Å²) < 4.78 is 37.6. The first-order valence-corrected chi connectivity index (χ1v) is 8.09. The van der Waals surface area contributed by atoms with Gasteiger partial charge in [-0.3, -0.25) is 4.79 Å². The van der Waals surface area contributed by atoms with Gasteiger partial charge in [-0.05, 0) is 24.1 Å². The van der Waals surface area contributed by atoms with Crippen LogP contribution in [0, 0.1) is 0 Å². The molecule has 0 aliphatic rings. The molecule has 3 nitrogen and oxygen atoms in total. The van der Waals surface area contributed by atoms with E-state index in [4.69, 9.17) is 0 Å². The summed E-state index contributed by atoms with van der Waals surface area (Å²) in [6.45, 7) is 4.08. The Labute approximate surface area is 136 Å². The average molecular weight is 342 g/mol. The van der Waals surface area contributed by atoms with E-state index in [0.717, 1.165) is 18.6 Å². The van der Waals surface area contributed by atoms with Gasteiger partial charge in [0.2, 0.25) is 0 Å². The van der Waals surface area contributed by atoms with E-state index in [2.05, 4.69) is 9.97 Å². The summed E-state index contributed by atoms with van der Waals surface area (Å²) in [5.41, 5.74) is 0.274. The number of benzene rings is 1. The first kappa shape index (κ1) is 17.6. The first-order valence-electron chi connectivity index (χ1n) is 7.21. The molecule has 0 spiro atoms. The van der Waals surface area contributed by atoms with Crippen molar-refractivity contribution in [2.45, 2.75) is 43.3 Å². The zero-order chi connectivity index (χ0) is 17.0. The lowest BCUT2D eigenvalue weighted by atomic mass is 10.1. The SMILES string of the molecule is CCC(C)Sc1nc(Cc2ccc(C(F)(F)F)cc2)cc(=O)[nH]1. The lowest BCUT2D eigenvalue weighted by molar-refractivity contribution is -0.137. The van der Waals surface area contributed by atoms with Crippen molar-refractivity contribution in [3.05, 3.63) is 57.5 Å². The van der Waals surface area contributed by atoms with Crippen molar-refractivity contribution in [1.29, 1.82) is 0 Å². The molecule has 0 fully saturated rings. The summed E-state index contributed by atoms with van der Waals surface area (Å²) in [7, 11) is 0. The van der Waals surface area contributed by atoms with Crippen molar-refractivity contribution in [1.82, 2.24) is 9.97 Å². The fraction of sp³-hybridized carbons (Fsp3) is 0.375. The highest BCUT2D eigenvalue weighted by Crippen LogP contribution is 2.29. The van der Waals surface area contributed by atoms with Crippen molar-refractivity contribution < 1.29 is 13.2 Å². The average Bonchev–Trinajstić information content (AvgIpc) is 2.46. The predicted octanol–water partition coefficient (Wildman–Crippen LogP) is 4.27. The van der Waals surface area contributed by atoms with E-state index in [1.807, 2.05) is 13.8 Å². The van der Waals surface area contributed by atoms with Crippen molar-refractivity contribution in [3.63, 3.8) is 0 Å². The highest BCUT2D eigenvalue weighted by Gasteiger charge is 2.29. The summed E-state index contributed by atoms with van der Waals surface area (Å²) in [6, 6.07) is 6.27. The second kappa shape index (κ2) is 7.21. The van der Waals surface area contributed by atoms with E-state index in [1.54, 1.807) is 0 Å². The number of hydrogen-bond acceptors (Lipinski definition) is 3. The van der Waals surface area contributed by atoms with Gasteiger partial charge in [0.1, 0.15) is 0 Å². The first-order chi connectivity index (χ1) is 10.8. The van der Waals surface area contributed by atoms with Crippen molar-refractivity contribution >= 4 is 11.8 Å². The highest BCUT2D eigenvalue weighted by atomic mass is 32.2. The molecule has 1 N–H and O–H groups in total. The molecule has 2 aromatic rings. The van der Waals surface area contributed by atoms with E-state index in [0.29, 0.717) is 28.1 Å². The third-order valence-corrected chi connectivity index (χ3v) is 4.48. The van der Waals surface area contributed by atoms with Crippen LogP contribution in [-0.2, 0) is 12.6 Å². The maximum absolute atomic E-state index is 12.5. The Morgan fingerprint density at radius 1 is 1.26 bits per heavy atom. The second-order valence-electron chi connectivity index (χ2n) is 5.25. The van der Waals surface area contributed by atoms with E-state index in [1.165, 1.54) is 30.0 Å². The topological polar surface area (TPSA) is 45.8 Å². The number of H-pyrrole nitrogens is 1. The Kier molecular flexibility index (Phi) is 5.51. The number of halogens is 3. The number of alkyl halides is 3. The molecule has 0 saturated heterocycles. The summed E-state index contributed by atoms with van der Waals surface area (Å²) >= 11 is 1.47. The molecule has 1 atom stereocenters. The highest BCUT2D eigenvalue weighted by molar-refractivity contribution is 7.99. The molecule has 0 saturated carbocycles. The van der Waals surface area contributed by atoms with E-state index >= 15 is 0 Å². The molecular formula is C16H17F3N2OS. The minimum atomic E-state index is -4.35. The van der Waals surface area contributed by atoms with Gasteiger partial charge < -0.3 is 4.98 Å². The van der Waals surface area contributed by atoms with Crippen LogP contribution in [0.3, 0.4) is 0 Å². The minimum absolute atomic E-state index is 0.257. The van der Waals surface area contributed by atoms with Crippen LogP contribution in [0.25, 0.3) is 0 Å². The van der Waals surface area contributed by atoms with Crippen LogP contribution in [0.1, 0.15) is 37.1 Å². The molecule has 7 heteroatoms. The van der Waals surface area contributed by atoms with Crippen LogP contribution in [0.2, 0.25) is 0 Å².